The molecule has 2 unspecified atom stereocenters. The molecule has 1 aliphatic heterocycles. The number of nitriles is 1. The standard InChI is InChI=1S/C26H20Cl2F4N4O/c1-35(12-15-2-6-20(23(29)8-15)26(30,31)32)24-14-36(25(37)17-3-5-18(10-33)34-11-17)13-19(24)16-4-7-21(27)22(28)9-16/h2-9,11,19,24H,12-14H2,1H3. The van der Waals surface area contributed by atoms with Crippen LogP contribution >= 0.6 is 23.2 Å². The minimum atomic E-state index is -4.78. The van der Waals surface area contributed by atoms with Gasteiger partial charge >= 0.3 is 6.18 Å². The zero-order valence-electron chi connectivity index (χ0n) is 19.4. The first-order valence-electron chi connectivity index (χ1n) is 11.1. The van der Waals surface area contributed by atoms with E-state index in [1.165, 1.54) is 24.4 Å². The smallest absolute Gasteiger partial charge is 0.336 e. The molecule has 2 heterocycles. The third kappa shape index (κ3) is 5.87. The van der Waals surface area contributed by atoms with E-state index in [9.17, 15) is 22.4 Å². The summed E-state index contributed by atoms with van der Waals surface area (Å²) in [5, 5.41) is 9.69. The Labute approximate surface area is 220 Å². The number of alkyl halides is 3. The second kappa shape index (κ2) is 10.7. The minimum absolute atomic E-state index is 0.151. The third-order valence-electron chi connectivity index (χ3n) is 6.41. The lowest BCUT2D eigenvalue weighted by Crippen LogP contribution is -2.38. The van der Waals surface area contributed by atoms with Crippen LogP contribution < -0.4 is 0 Å². The molecule has 3 aromatic rings. The van der Waals surface area contributed by atoms with Gasteiger partial charge in [0.1, 0.15) is 17.6 Å². The summed E-state index contributed by atoms with van der Waals surface area (Å²) in [6.07, 6.45) is -3.43. The van der Waals surface area contributed by atoms with Gasteiger partial charge in [-0.15, -0.1) is 0 Å². The van der Waals surface area contributed by atoms with Crippen LogP contribution in [-0.4, -0.2) is 46.9 Å². The van der Waals surface area contributed by atoms with Gasteiger partial charge in [-0.25, -0.2) is 9.37 Å². The Morgan fingerprint density at radius 3 is 2.49 bits per heavy atom. The maximum absolute atomic E-state index is 14.2. The summed E-state index contributed by atoms with van der Waals surface area (Å²) >= 11 is 12.3. The van der Waals surface area contributed by atoms with Gasteiger partial charge in [0, 0.05) is 37.8 Å². The largest absolute Gasteiger partial charge is 0.419 e. The molecule has 2 atom stereocenters. The van der Waals surface area contributed by atoms with Crippen molar-refractivity contribution in [1.82, 2.24) is 14.8 Å². The second-order valence-electron chi connectivity index (χ2n) is 8.83. The summed E-state index contributed by atoms with van der Waals surface area (Å²) in [6.45, 7) is 0.772. The van der Waals surface area contributed by atoms with E-state index in [0.717, 1.165) is 17.7 Å². The lowest BCUT2D eigenvalue weighted by atomic mass is 9.93. The van der Waals surface area contributed by atoms with E-state index in [1.54, 1.807) is 24.1 Å². The van der Waals surface area contributed by atoms with Gasteiger partial charge in [0.15, 0.2) is 0 Å². The first-order valence-corrected chi connectivity index (χ1v) is 11.9. The molecular formula is C26H20Cl2F4N4O. The number of amides is 1. The van der Waals surface area contributed by atoms with Crippen LogP contribution in [0.2, 0.25) is 10.0 Å². The summed E-state index contributed by atoms with van der Waals surface area (Å²) in [5.41, 5.74) is 0.384. The Kier molecular flexibility index (Phi) is 7.74. The molecule has 11 heteroatoms. The van der Waals surface area contributed by atoms with Crippen LogP contribution in [0.4, 0.5) is 17.6 Å². The summed E-state index contributed by atoms with van der Waals surface area (Å²) < 4.78 is 53.0. The average Bonchev–Trinajstić information content (AvgIpc) is 3.30. The third-order valence-corrected chi connectivity index (χ3v) is 7.15. The quantitative estimate of drug-likeness (QED) is 0.357. The Bertz CT molecular complexity index is 1360. The van der Waals surface area contributed by atoms with Crippen LogP contribution in [0.1, 0.15) is 38.7 Å². The highest BCUT2D eigenvalue weighted by Gasteiger charge is 2.39. The van der Waals surface area contributed by atoms with Crippen LogP contribution in [0.25, 0.3) is 0 Å². The maximum Gasteiger partial charge on any atom is 0.419 e. The molecule has 1 amide bonds. The van der Waals surface area contributed by atoms with Gasteiger partial charge in [-0.2, -0.15) is 18.4 Å². The van der Waals surface area contributed by atoms with Gasteiger partial charge in [0.25, 0.3) is 5.91 Å². The van der Waals surface area contributed by atoms with E-state index in [1.807, 2.05) is 17.0 Å². The van der Waals surface area contributed by atoms with E-state index >= 15 is 0 Å². The highest BCUT2D eigenvalue weighted by molar-refractivity contribution is 6.42. The number of hydrogen-bond acceptors (Lipinski definition) is 4. The van der Waals surface area contributed by atoms with E-state index in [-0.39, 0.29) is 30.1 Å². The van der Waals surface area contributed by atoms with Crippen molar-refractivity contribution in [2.45, 2.75) is 24.7 Å². The predicted octanol–water partition coefficient (Wildman–Crippen LogP) is 6.16. The monoisotopic (exact) mass is 550 g/mol. The van der Waals surface area contributed by atoms with E-state index < -0.39 is 17.6 Å². The molecule has 0 bridgehead atoms. The number of rotatable bonds is 5. The van der Waals surface area contributed by atoms with Crippen molar-refractivity contribution < 1.29 is 22.4 Å². The number of likely N-dealkylation sites (tertiary alicyclic amines) is 1. The molecule has 0 radical (unpaired) electrons. The van der Waals surface area contributed by atoms with Gasteiger partial charge in [0.05, 0.1) is 21.2 Å². The first kappa shape index (κ1) is 26.9. The van der Waals surface area contributed by atoms with Crippen molar-refractivity contribution in [2.24, 2.45) is 0 Å². The van der Waals surface area contributed by atoms with Crippen LogP contribution in [0.3, 0.4) is 0 Å². The highest BCUT2D eigenvalue weighted by atomic mass is 35.5. The maximum atomic E-state index is 14.2. The first-order chi connectivity index (χ1) is 17.5. The molecule has 1 aromatic heterocycles. The minimum Gasteiger partial charge on any atom is -0.336 e. The lowest BCUT2D eigenvalue weighted by Gasteiger charge is -2.29. The number of hydrogen-bond donors (Lipinski definition) is 0. The van der Waals surface area contributed by atoms with Crippen molar-refractivity contribution >= 4 is 29.1 Å². The Hall–Kier alpha value is -3.19. The number of likely N-dealkylation sites (N-methyl/N-ethyl adjacent to an activating group) is 1. The molecule has 0 N–H and O–H groups in total. The Balaban J connectivity index is 1.61. The second-order valence-corrected chi connectivity index (χ2v) is 9.64. The summed E-state index contributed by atoms with van der Waals surface area (Å²) in [7, 11) is 1.77. The molecule has 37 heavy (non-hydrogen) atoms. The van der Waals surface area contributed by atoms with Crippen LogP contribution in [-0.2, 0) is 12.7 Å². The highest BCUT2D eigenvalue weighted by Crippen LogP contribution is 2.36. The number of nitrogens with zero attached hydrogens (tertiary/aromatic N) is 4. The molecule has 1 fully saturated rings. The average molecular weight is 551 g/mol. The fourth-order valence-corrected chi connectivity index (χ4v) is 4.84. The fraction of sp³-hybridized carbons (Fsp3) is 0.269. The van der Waals surface area contributed by atoms with Crippen LogP contribution in [0.5, 0.6) is 0 Å². The van der Waals surface area contributed by atoms with Gasteiger partial charge in [0.2, 0.25) is 0 Å². The molecule has 0 saturated carbocycles. The lowest BCUT2D eigenvalue weighted by molar-refractivity contribution is -0.140. The zero-order chi connectivity index (χ0) is 26.9. The number of benzene rings is 2. The molecule has 2 aromatic carbocycles. The van der Waals surface area contributed by atoms with Crippen LogP contribution in [0, 0.1) is 17.1 Å². The number of carbonyl (C=O) groups excluding carboxylic acids is 1. The zero-order valence-corrected chi connectivity index (χ0v) is 20.9. The van der Waals surface area contributed by atoms with Crippen molar-refractivity contribution in [2.75, 3.05) is 20.1 Å². The summed E-state index contributed by atoms with van der Waals surface area (Å²) in [6, 6.07) is 12.7. The number of halogens is 6. The SMILES string of the molecule is CN(Cc1ccc(C(F)(F)F)c(F)c1)C1CN(C(=O)c2ccc(C#N)nc2)CC1c1ccc(Cl)c(Cl)c1. The molecule has 1 aliphatic rings. The van der Waals surface area contributed by atoms with Crippen molar-refractivity contribution in [1.29, 1.82) is 5.26 Å². The summed E-state index contributed by atoms with van der Waals surface area (Å²) in [5.74, 6) is -1.83. The number of carbonyl (C=O) groups is 1. The van der Waals surface area contributed by atoms with Crippen LogP contribution in [0.15, 0.2) is 54.7 Å². The van der Waals surface area contributed by atoms with E-state index in [2.05, 4.69) is 4.98 Å². The molecule has 0 spiro atoms. The van der Waals surface area contributed by atoms with E-state index in [0.29, 0.717) is 34.3 Å². The molecule has 0 aliphatic carbocycles. The van der Waals surface area contributed by atoms with Crippen molar-refractivity contribution in [3.8, 4) is 6.07 Å². The Morgan fingerprint density at radius 1 is 1.14 bits per heavy atom. The molecular weight excluding hydrogens is 531 g/mol. The van der Waals surface area contributed by atoms with Crippen molar-refractivity contribution in [3.63, 3.8) is 0 Å². The van der Waals surface area contributed by atoms with Gasteiger partial charge in [-0.3, -0.25) is 9.69 Å². The Morgan fingerprint density at radius 2 is 1.89 bits per heavy atom. The molecule has 5 nitrogen and oxygen atoms in total. The van der Waals surface area contributed by atoms with E-state index in [4.69, 9.17) is 28.5 Å². The van der Waals surface area contributed by atoms with Gasteiger partial charge < -0.3 is 4.90 Å². The normalized spacial score (nSPS) is 17.8. The number of aromatic nitrogens is 1. The molecule has 1 saturated heterocycles. The fourth-order valence-electron chi connectivity index (χ4n) is 4.53. The molecule has 4 rings (SSSR count). The predicted molar refractivity (Wildman–Crippen MR) is 131 cm³/mol. The van der Waals surface area contributed by atoms with Crippen molar-refractivity contribution in [3.05, 3.63) is 98.5 Å². The topological polar surface area (TPSA) is 60.2 Å². The van der Waals surface area contributed by atoms with Gasteiger partial charge in [-0.05, 0) is 54.6 Å². The number of pyridine rings is 1. The van der Waals surface area contributed by atoms with Gasteiger partial charge in [-0.1, -0.05) is 35.3 Å². The summed E-state index contributed by atoms with van der Waals surface area (Å²) in [4.78, 5) is 20.7. The molecule has 192 valence electrons.